The number of rotatable bonds is 2. The number of oxime groups is 1. The van der Waals surface area contributed by atoms with Crippen molar-refractivity contribution in [3.8, 4) is 0 Å². The highest BCUT2D eigenvalue weighted by atomic mass is 19.1. The topological polar surface area (TPSA) is 71.0 Å². The molecule has 0 spiro atoms. The van der Waals surface area contributed by atoms with Gasteiger partial charge in [0.1, 0.15) is 17.3 Å². The van der Waals surface area contributed by atoms with E-state index in [1.165, 1.54) is 0 Å². The number of halogens is 2. The van der Waals surface area contributed by atoms with Crippen LogP contribution in [0.4, 0.5) is 8.78 Å². The second-order valence-electron chi connectivity index (χ2n) is 2.38. The summed E-state index contributed by atoms with van der Waals surface area (Å²) >= 11 is 0. The zero-order chi connectivity index (χ0) is 10.6. The monoisotopic (exact) mass is 199 g/mol. The number of benzene rings is 1. The van der Waals surface area contributed by atoms with E-state index in [1.807, 2.05) is 0 Å². The third-order valence-electron chi connectivity index (χ3n) is 1.52. The summed E-state index contributed by atoms with van der Waals surface area (Å²) in [6.45, 7) is 0. The molecule has 1 rings (SSSR count). The fourth-order valence-corrected chi connectivity index (χ4v) is 0.921. The van der Waals surface area contributed by atoms with Gasteiger partial charge in [0.15, 0.2) is 0 Å². The van der Waals surface area contributed by atoms with Crippen LogP contribution < -0.4 is 5.84 Å². The summed E-state index contributed by atoms with van der Waals surface area (Å²) in [5, 5.41) is 14.0. The van der Waals surface area contributed by atoms with E-state index in [9.17, 15) is 8.78 Å². The Balaban J connectivity index is 3.22. The van der Waals surface area contributed by atoms with E-state index >= 15 is 0 Å². The van der Waals surface area contributed by atoms with Gasteiger partial charge in [0.25, 0.3) is 0 Å². The van der Waals surface area contributed by atoms with Crippen molar-refractivity contribution in [2.45, 2.75) is 0 Å². The molecule has 0 heterocycles. The van der Waals surface area contributed by atoms with Gasteiger partial charge in [-0.15, -0.1) is 0 Å². The molecule has 0 aliphatic carbocycles. The van der Waals surface area contributed by atoms with E-state index in [0.717, 1.165) is 24.4 Å². The maximum absolute atomic E-state index is 13.1. The third-order valence-corrected chi connectivity index (χ3v) is 1.52. The Morgan fingerprint density at radius 3 is 2.71 bits per heavy atom. The minimum Gasteiger partial charge on any atom is -0.411 e. The Hall–Kier alpha value is -1.98. The smallest absolute Gasteiger partial charge is 0.132 e. The van der Waals surface area contributed by atoms with Crippen LogP contribution in [0, 0.1) is 11.6 Å². The normalized spacial score (nSPS) is 12.3. The van der Waals surface area contributed by atoms with Crippen LogP contribution in [0.15, 0.2) is 28.5 Å². The maximum Gasteiger partial charge on any atom is 0.132 e. The molecule has 0 saturated heterocycles. The van der Waals surface area contributed by atoms with E-state index in [0.29, 0.717) is 0 Å². The van der Waals surface area contributed by atoms with E-state index in [1.54, 1.807) is 0 Å². The van der Waals surface area contributed by atoms with Gasteiger partial charge in [0, 0.05) is 5.56 Å². The number of hydrogen-bond acceptors (Lipinski definition) is 4. The van der Waals surface area contributed by atoms with Crippen LogP contribution in [-0.4, -0.2) is 17.1 Å². The van der Waals surface area contributed by atoms with Gasteiger partial charge < -0.3 is 11.0 Å². The Kier molecular flexibility index (Phi) is 3.11. The van der Waals surface area contributed by atoms with Gasteiger partial charge in [-0.05, 0) is 18.2 Å². The summed E-state index contributed by atoms with van der Waals surface area (Å²) in [5.41, 5.74) is -0.310. The Morgan fingerprint density at radius 1 is 1.43 bits per heavy atom. The second-order valence-corrected chi connectivity index (χ2v) is 2.38. The molecule has 0 amide bonds. The van der Waals surface area contributed by atoms with E-state index < -0.39 is 11.6 Å². The highest BCUT2D eigenvalue weighted by Crippen LogP contribution is 2.09. The molecular formula is C8H7F2N3O. The first-order valence-corrected chi connectivity index (χ1v) is 3.59. The minimum atomic E-state index is -0.699. The van der Waals surface area contributed by atoms with E-state index in [2.05, 4.69) is 10.3 Å². The van der Waals surface area contributed by atoms with Crippen LogP contribution >= 0.6 is 0 Å². The lowest BCUT2D eigenvalue weighted by atomic mass is 10.1. The SMILES string of the molecule is NN=C(C=NO)c1cc(F)ccc1F. The lowest BCUT2D eigenvalue weighted by Crippen LogP contribution is -2.08. The Morgan fingerprint density at radius 2 is 2.14 bits per heavy atom. The van der Waals surface area contributed by atoms with Gasteiger partial charge >= 0.3 is 0 Å². The first kappa shape index (κ1) is 10.1. The molecule has 0 saturated carbocycles. The van der Waals surface area contributed by atoms with Gasteiger partial charge in [-0.25, -0.2) is 8.78 Å². The van der Waals surface area contributed by atoms with E-state index in [-0.39, 0.29) is 11.3 Å². The van der Waals surface area contributed by atoms with Crippen molar-refractivity contribution in [1.29, 1.82) is 0 Å². The average Bonchev–Trinajstić information content (AvgIpc) is 2.18. The zero-order valence-corrected chi connectivity index (χ0v) is 6.98. The van der Waals surface area contributed by atoms with Crippen molar-refractivity contribution in [3.63, 3.8) is 0 Å². The molecule has 0 aromatic heterocycles. The number of hydrogen-bond donors (Lipinski definition) is 2. The van der Waals surface area contributed by atoms with Gasteiger partial charge in [-0.2, -0.15) is 5.10 Å². The van der Waals surface area contributed by atoms with Gasteiger partial charge in [-0.3, -0.25) is 0 Å². The minimum absolute atomic E-state index is 0.149. The first-order chi connectivity index (χ1) is 6.69. The van der Waals surface area contributed by atoms with Crippen LogP contribution in [0.3, 0.4) is 0 Å². The number of nitrogens with zero attached hydrogens (tertiary/aromatic N) is 2. The van der Waals surface area contributed by atoms with Crippen molar-refractivity contribution in [1.82, 2.24) is 0 Å². The molecule has 4 nitrogen and oxygen atoms in total. The van der Waals surface area contributed by atoms with Crippen molar-refractivity contribution in [3.05, 3.63) is 35.4 Å². The lowest BCUT2D eigenvalue weighted by Gasteiger charge is -2.00. The molecular weight excluding hydrogens is 192 g/mol. The van der Waals surface area contributed by atoms with Crippen LogP contribution in [0.5, 0.6) is 0 Å². The molecule has 1 aromatic carbocycles. The molecule has 6 heteroatoms. The molecule has 0 radical (unpaired) electrons. The second kappa shape index (κ2) is 4.31. The van der Waals surface area contributed by atoms with Crippen molar-refractivity contribution < 1.29 is 14.0 Å². The van der Waals surface area contributed by atoms with Crippen molar-refractivity contribution in [2.24, 2.45) is 16.1 Å². The van der Waals surface area contributed by atoms with Crippen LogP contribution in [-0.2, 0) is 0 Å². The van der Waals surface area contributed by atoms with Crippen molar-refractivity contribution in [2.75, 3.05) is 0 Å². The largest absolute Gasteiger partial charge is 0.411 e. The lowest BCUT2D eigenvalue weighted by molar-refractivity contribution is 0.322. The molecule has 74 valence electrons. The van der Waals surface area contributed by atoms with Gasteiger partial charge in [-0.1, -0.05) is 5.16 Å². The fraction of sp³-hybridized carbons (Fsp3) is 0. The Bertz CT molecular complexity index is 390. The average molecular weight is 199 g/mol. The van der Waals surface area contributed by atoms with Crippen LogP contribution in [0.25, 0.3) is 0 Å². The highest BCUT2D eigenvalue weighted by Gasteiger charge is 2.08. The molecule has 0 fully saturated rings. The summed E-state index contributed by atoms with van der Waals surface area (Å²) in [6.07, 6.45) is 0.817. The molecule has 1 aromatic rings. The molecule has 0 aliphatic heterocycles. The van der Waals surface area contributed by atoms with Gasteiger partial charge in [0.2, 0.25) is 0 Å². The van der Waals surface area contributed by atoms with E-state index in [4.69, 9.17) is 11.0 Å². The Labute approximate surface area is 78.3 Å². The molecule has 0 aliphatic rings. The van der Waals surface area contributed by atoms with Crippen molar-refractivity contribution >= 4 is 11.9 Å². The first-order valence-electron chi connectivity index (χ1n) is 3.59. The fourth-order valence-electron chi connectivity index (χ4n) is 0.921. The zero-order valence-electron chi connectivity index (χ0n) is 6.98. The molecule has 0 atom stereocenters. The standard InChI is InChI=1S/C8H7F2N3O/c9-5-1-2-7(10)6(3-5)8(13-11)4-12-14/h1-4,14H,11H2. The molecule has 0 unspecified atom stereocenters. The summed E-state index contributed by atoms with van der Waals surface area (Å²) in [6, 6.07) is 2.80. The maximum atomic E-state index is 13.1. The molecule has 3 N–H and O–H groups in total. The third kappa shape index (κ3) is 2.03. The summed E-state index contributed by atoms with van der Waals surface area (Å²) in [5.74, 6) is 3.58. The number of nitrogens with two attached hydrogens (primary N) is 1. The highest BCUT2D eigenvalue weighted by molar-refractivity contribution is 6.38. The summed E-state index contributed by atoms with van der Waals surface area (Å²) in [7, 11) is 0. The summed E-state index contributed by atoms with van der Waals surface area (Å²) < 4.78 is 25.8. The predicted molar refractivity (Wildman–Crippen MR) is 47.4 cm³/mol. The quantitative estimate of drug-likeness (QED) is 0.324. The molecule has 14 heavy (non-hydrogen) atoms. The molecule has 0 bridgehead atoms. The number of hydrazone groups is 1. The van der Waals surface area contributed by atoms with Crippen LogP contribution in [0.2, 0.25) is 0 Å². The summed E-state index contributed by atoms with van der Waals surface area (Å²) in [4.78, 5) is 0. The predicted octanol–water partition coefficient (Wildman–Crippen LogP) is 1.09. The van der Waals surface area contributed by atoms with Crippen LogP contribution in [0.1, 0.15) is 5.56 Å². The van der Waals surface area contributed by atoms with Gasteiger partial charge in [0.05, 0.1) is 6.21 Å².